The van der Waals surface area contributed by atoms with Crippen LogP contribution in [0.2, 0.25) is 19.6 Å². The number of fused-ring (bicyclic) bond motifs is 3. The summed E-state index contributed by atoms with van der Waals surface area (Å²) in [6.07, 6.45) is 4.97. The Balaban J connectivity index is 0.000000179. The topological polar surface area (TPSA) is 25.8 Å². The van der Waals surface area contributed by atoms with Gasteiger partial charge in [0.2, 0.25) is 0 Å². The predicted octanol–water partition coefficient (Wildman–Crippen LogP) is 11.3. The Kier molecular flexibility index (Phi) is 9.75. The second kappa shape index (κ2) is 15.9. The van der Waals surface area contributed by atoms with Gasteiger partial charge in [-0.05, 0) is 63.0 Å². The Morgan fingerprint density at radius 1 is 0.755 bits per heavy atom. The number of pyridine rings is 2. The van der Waals surface area contributed by atoms with Crippen molar-refractivity contribution in [1.29, 1.82) is 0 Å². The summed E-state index contributed by atoms with van der Waals surface area (Å²) in [5.41, 5.74) is 5.50. The average molecular weight is 855 g/mol. The van der Waals surface area contributed by atoms with E-state index >= 15 is 0 Å². The first kappa shape index (κ1) is 30.1. The van der Waals surface area contributed by atoms with Gasteiger partial charge < -0.3 is 9.97 Å². The van der Waals surface area contributed by atoms with E-state index in [9.17, 15) is 0 Å². The molecule has 0 amide bonds. The molecule has 0 bridgehead atoms. The van der Waals surface area contributed by atoms with Crippen LogP contribution in [0.4, 0.5) is 0 Å². The van der Waals surface area contributed by atoms with E-state index in [4.69, 9.17) is 5.48 Å². The average Bonchev–Trinajstić information content (AvgIpc) is 3.85. The number of thiophene rings is 1. The third kappa shape index (κ3) is 8.53. The molecule has 0 saturated heterocycles. The molecule has 5 heteroatoms. The van der Waals surface area contributed by atoms with E-state index in [0.717, 1.165) is 64.5 Å². The standard InChI is InChI=1S/C23H20NS.C21H22NSi.Ir/c1-2-6-16(5-1)13-17-11-12-24-21(14-17)18-9-10-23-20(15-18)19-7-3-4-8-22(19)25-23;1-23(2,3)21-16-22-20(18-12-8-5-9-13-18)15-19(21)14-17-10-6-4-7-11-17;/h3-4,7-8,10-12,14-16H,1-2,5-6,13H2;4-12,15-16H,14H2,1-3H3;/q2*-1;/i13D2;14D2;. The van der Waals surface area contributed by atoms with Crippen LogP contribution in [0.3, 0.4) is 0 Å². The van der Waals surface area contributed by atoms with E-state index in [1.807, 2.05) is 85.1 Å². The van der Waals surface area contributed by atoms with E-state index in [0.29, 0.717) is 5.56 Å². The number of nitrogens with zero attached hydrogens (tertiary/aromatic N) is 2. The molecule has 0 aliphatic heterocycles. The number of hydrogen-bond donors (Lipinski definition) is 0. The van der Waals surface area contributed by atoms with Crippen molar-refractivity contribution in [3.8, 4) is 22.5 Å². The van der Waals surface area contributed by atoms with Gasteiger partial charge >= 0.3 is 0 Å². The minimum atomic E-state index is -1.76. The van der Waals surface area contributed by atoms with Crippen LogP contribution in [-0.2, 0) is 32.9 Å². The van der Waals surface area contributed by atoms with Crippen molar-refractivity contribution in [2.75, 3.05) is 0 Å². The van der Waals surface area contributed by atoms with E-state index in [1.165, 1.54) is 20.2 Å². The van der Waals surface area contributed by atoms with Gasteiger partial charge in [0.05, 0.1) is 8.07 Å². The summed E-state index contributed by atoms with van der Waals surface area (Å²) >= 11 is 1.78. The van der Waals surface area contributed by atoms with Gasteiger partial charge in [-0.15, -0.1) is 59.7 Å². The molecule has 249 valence electrons. The molecule has 1 aliphatic rings. The van der Waals surface area contributed by atoms with Crippen LogP contribution in [-0.4, -0.2) is 18.0 Å². The molecule has 1 saturated carbocycles. The molecular weight excluding hydrogens is 809 g/mol. The van der Waals surface area contributed by atoms with Gasteiger partial charge in [0.25, 0.3) is 0 Å². The third-order valence-electron chi connectivity index (χ3n) is 8.82. The molecule has 2 nitrogen and oxygen atoms in total. The third-order valence-corrected chi connectivity index (χ3v) is 12.0. The zero-order chi connectivity index (χ0) is 36.5. The summed E-state index contributed by atoms with van der Waals surface area (Å²) in [6, 6.07) is 41.9. The van der Waals surface area contributed by atoms with E-state index in [-0.39, 0.29) is 26.0 Å². The van der Waals surface area contributed by atoms with E-state index in [1.54, 1.807) is 17.5 Å². The zero-order valence-electron chi connectivity index (χ0n) is 32.1. The second-order valence-electron chi connectivity index (χ2n) is 13.4. The Labute approximate surface area is 315 Å². The maximum atomic E-state index is 8.84. The van der Waals surface area contributed by atoms with Gasteiger partial charge in [-0.2, -0.15) is 11.3 Å². The number of hydrogen-bond acceptors (Lipinski definition) is 3. The summed E-state index contributed by atoms with van der Waals surface area (Å²) in [5.74, 6) is 0.111. The van der Waals surface area contributed by atoms with Crippen LogP contribution in [0.25, 0.3) is 42.7 Å². The van der Waals surface area contributed by atoms with Crippen molar-refractivity contribution < 1.29 is 25.6 Å². The SMILES string of the molecule is [2H]C([2H])(c1ccccc1)c1cc(-c2[c-]cccc2)ncc1[Si](C)(C)C.[2H]C([2H])(c1ccnc(-c2[c-]cc3sc4ccccc4c3c2)c1)C1CCCC1.[Ir]. The summed E-state index contributed by atoms with van der Waals surface area (Å²) in [6.45, 7) is 6.68. The molecule has 0 atom stereocenters. The van der Waals surface area contributed by atoms with Crippen LogP contribution >= 0.6 is 11.3 Å². The van der Waals surface area contributed by atoms with Gasteiger partial charge in [0.15, 0.2) is 0 Å². The number of rotatable bonds is 7. The monoisotopic (exact) mass is 855 g/mol. The molecular formula is C44H42IrN2SSi-2. The molecule has 7 aromatic rings. The van der Waals surface area contributed by atoms with Gasteiger partial charge in [0.1, 0.15) is 0 Å². The van der Waals surface area contributed by atoms with Crippen molar-refractivity contribution in [2.24, 2.45) is 5.92 Å². The Morgan fingerprint density at radius 2 is 1.51 bits per heavy atom. The summed E-state index contributed by atoms with van der Waals surface area (Å²) in [4.78, 5) is 9.15. The van der Waals surface area contributed by atoms with Crippen LogP contribution < -0.4 is 5.19 Å². The van der Waals surface area contributed by atoms with Crippen molar-refractivity contribution >= 4 is 44.8 Å². The van der Waals surface area contributed by atoms with Crippen molar-refractivity contribution in [3.05, 3.63) is 150 Å². The zero-order valence-corrected chi connectivity index (χ0v) is 32.3. The smallest absolute Gasteiger partial charge is 0.0799 e. The minimum absolute atomic E-state index is 0. The number of benzene rings is 4. The molecule has 1 aliphatic carbocycles. The van der Waals surface area contributed by atoms with Crippen LogP contribution in [0.15, 0.2) is 122 Å². The molecule has 0 spiro atoms. The van der Waals surface area contributed by atoms with E-state index < -0.39 is 20.8 Å². The van der Waals surface area contributed by atoms with E-state index in [2.05, 4.69) is 72.1 Å². The molecule has 8 rings (SSSR count). The van der Waals surface area contributed by atoms with Crippen molar-refractivity contribution in [2.45, 2.75) is 58.1 Å². The van der Waals surface area contributed by atoms with Crippen LogP contribution in [0.5, 0.6) is 0 Å². The fraction of sp³-hybridized carbons (Fsp3) is 0.227. The Morgan fingerprint density at radius 3 is 2.29 bits per heavy atom. The van der Waals surface area contributed by atoms with Gasteiger partial charge in [-0.3, -0.25) is 0 Å². The largest absolute Gasteiger partial charge is 0.305 e. The number of aromatic nitrogens is 2. The fourth-order valence-electron chi connectivity index (χ4n) is 6.32. The molecule has 49 heavy (non-hydrogen) atoms. The van der Waals surface area contributed by atoms with Gasteiger partial charge in [-0.1, -0.05) is 123 Å². The first-order valence-electron chi connectivity index (χ1n) is 18.8. The van der Waals surface area contributed by atoms with Crippen molar-refractivity contribution in [3.63, 3.8) is 0 Å². The Hall–Kier alpha value is -3.73. The molecule has 1 fully saturated rings. The molecule has 0 unspecified atom stereocenters. The van der Waals surface area contributed by atoms with Gasteiger partial charge in [0, 0.05) is 42.7 Å². The maximum absolute atomic E-state index is 8.84. The quantitative estimate of drug-likeness (QED) is 0.118. The molecule has 4 aromatic carbocycles. The Bertz CT molecular complexity index is 2320. The molecule has 1 radical (unpaired) electrons. The van der Waals surface area contributed by atoms with Gasteiger partial charge in [-0.25, -0.2) is 0 Å². The summed E-state index contributed by atoms with van der Waals surface area (Å²) in [5, 5.41) is 3.53. The predicted molar refractivity (Wildman–Crippen MR) is 208 cm³/mol. The second-order valence-corrected chi connectivity index (χ2v) is 19.5. The fourth-order valence-corrected chi connectivity index (χ4v) is 8.79. The minimum Gasteiger partial charge on any atom is -0.305 e. The van der Waals surface area contributed by atoms with Crippen LogP contribution in [0, 0.1) is 18.1 Å². The first-order chi connectivity index (χ1) is 24.9. The normalized spacial score (nSPS) is 15.0. The molecule has 3 aromatic heterocycles. The summed E-state index contributed by atoms with van der Waals surface area (Å²) in [7, 11) is -1.76. The van der Waals surface area contributed by atoms with Crippen LogP contribution in [0.1, 0.15) is 47.9 Å². The molecule has 3 heterocycles. The summed E-state index contributed by atoms with van der Waals surface area (Å²) < 4.78 is 37.5. The molecule has 0 N–H and O–H groups in total. The maximum Gasteiger partial charge on any atom is 0.0799 e. The van der Waals surface area contributed by atoms with Crippen molar-refractivity contribution in [1.82, 2.24) is 9.97 Å². The first-order valence-corrected chi connectivity index (χ1v) is 21.1.